The number of ether oxygens (including phenoxy) is 1. The lowest BCUT2D eigenvalue weighted by atomic mass is 9.91. The van der Waals surface area contributed by atoms with Crippen LogP contribution in [-0.2, 0) is 19.6 Å². The van der Waals surface area contributed by atoms with Gasteiger partial charge in [-0.2, -0.15) is 8.42 Å². The van der Waals surface area contributed by atoms with Crippen LogP contribution in [0.1, 0.15) is 39.2 Å². The fourth-order valence-corrected chi connectivity index (χ4v) is 2.96. The topological polar surface area (TPSA) is 119 Å². The lowest BCUT2D eigenvalue weighted by Gasteiger charge is -2.29. The van der Waals surface area contributed by atoms with Crippen LogP contribution in [0.4, 0.5) is 0 Å². The Labute approximate surface area is 156 Å². The van der Waals surface area contributed by atoms with Gasteiger partial charge in [0.2, 0.25) is 0 Å². The molecule has 1 aliphatic heterocycles. The van der Waals surface area contributed by atoms with Gasteiger partial charge in [-0.1, -0.05) is 17.7 Å². The predicted octanol–water partition coefficient (Wildman–Crippen LogP) is 1.90. The molecule has 0 bridgehead atoms. The Morgan fingerprint density at radius 3 is 2.15 bits per heavy atom. The Balaban J connectivity index is 0.000000273. The van der Waals surface area contributed by atoms with Crippen molar-refractivity contribution in [2.24, 2.45) is 11.7 Å². The van der Waals surface area contributed by atoms with Crippen LogP contribution in [0, 0.1) is 12.8 Å². The molecule has 7 nitrogen and oxygen atoms in total. The summed E-state index contributed by atoms with van der Waals surface area (Å²) in [4.78, 5) is 11.6. The van der Waals surface area contributed by atoms with Crippen molar-refractivity contribution < 1.29 is 22.5 Å². The third-order valence-corrected chi connectivity index (χ3v) is 4.76. The molecule has 0 saturated carbocycles. The van der Waals surface area contributed by atoms with E-state index in [1.807, 2.05) is 27.7 Å². The van der Waals surface area contributed by atoms with Crippen LogP contribution in [0.15, 0.2) is 29.2 Å². The van der Waals surface area contributed by atoms with Crippen molar-refractivity contribution in [3.63, 3.8) is 0 Å². The number of nitrogens with one attached hydrogen (secondary N) is 1. The molecule has 0 aromatic heterocycles. The molecule has 2 rings (SSSR count). The Hall–Kier alpha value is -1.48. The summed E-state index contributed by atoms with van der Waals surface area (Å²) in [5.74, 6) is -0.00417. The van der Waals surface area contributed by atoms with Gasteiger partial charge in [-0.15, -0.1) is 0 Å². The highest BCUT2D eigenvalue weighted by atomic mass is 32.2. The predicted molar refractivity (Wildman–Crippen MR) is 100 cm³/mol. The van der Waals surface area contributed by atoms with E-state index < -0.39 is 21.8 Å². The second kappa shape index (κ2) is 9.45. The van der Waals surface area contributed by atoms with E-state index in [2.05, 4.69) is 5.32 Å². The number of nitrogens with two attached hydrogens (primary N) is 1. The van der Waals surface area contributed by atoms with E-state index in [-0.39, 0.29) is 16.8 Å². The summed E-state index contributed by atoms with van der Waals surface area (Å²) in [6.07, 6.45) is 1.92. The highest BCUT2D eigenvalue weighted by molar-refractivity contribution is 7.85. The van der Waals surface area contributed by atoms with Gasteiger partial charge < -0.3 is 15.8 Å². The van der Waals surface area contributed by atoms with Crippen molar-refractivity contribution in [2.75, 3.05) is 13.1 Å². The van der Waals surface area contributed by atoms with E-state index in [4.69, 9.17) is 15.0 Å². The smallest absolute Gasteiger partial charge is 0.323 e. The minimum atomic E-state index is -4.02. The lowest BCUT2D eigenvalue weighted by Crippen LogP contribution is -2.46. The molecule has 1 fully saturated rings. The molecule has 1 atom stereocenters. The monoisotopic (exact) mass is 386 g/mol. The molecule has 1 heterocycles. The quantitative estimate of drug-likeness (QED) is 0.536. The number of aryl methyl sites for hydroxylation is 1. The molecule has 148 valence electrons. The Morgan fingerprint density at radius 2 is 1.73 bits per heavy atom. The van der Waals surface area contributed by atoms with Gasteiger partial charge in [-0.05, 0) is 71.7 Å². The summed E-state index contributed by atoms with van der Waals surface area (Å²) in [5, 5.41) is 3.25. The van der Waals surface area contributed by atoms with E-state index in [0.717, 1.165) is 31.5 Å². The standard InChI is InChI=1S/C11H22N2O2.C7H8O3S/c1-11(2,3)15-10(14)9(12)8-4-6-13-7-5-8;1-6-2-4-7(5-3-6)11(8,9)10/h8-9,13H,4-7,12H2,1-3H3;2-5H,1H3,(H,8,9,10). The maximum atomic E-state index is 11.7. The zero-order valence-corrected chi connectivity index (χ0v) is 16.7. The van der Waals surface area contributed by atoms with Crippen molar-refractivity contribution in [2.45, 2.75) is 57.1 Å². The van der Waals surface area contributed by atoms with E-state index in [1.165, 1.54) is 12.1 Å². The van der Waals surface area contributed by atoms with E-state index >= 15 is 0 Å². The summed E-state index contributed by atoms with van der Waals surface area (Å²) < 4.78 is 34.8. The zero-order chi connectivity index (χ0) is 20.0. The maximum Gasteiger partial charge on any atom is 0.323 e. The number of hydrogen-bond donors (Lipinski definition) is 3. The average Bonchev–Trinajstić information content (AvgIpc) is 2.53. The summed E-state index contributed by atoms with van der Waals surface area (Å²) in [6.45, 7) is 9.32. The average molecular weight is 387 g/mol. The third kappa shape index (κ3) is 8.27. The molecule has 0 spiro atoms. The molecule has 0 radical (unpaired) electrons. The summed E-state index contributed by atoms with van der Waals surface area (Å²) in [5.41, 5.74) is 6.41. The van der Waals surface area contributed by atoms with Gasteiger partial charge in [-0.25, -0.2) is 0 Å². The Bertz CT molecular complexity index is 675. The fraction of sp³-hybridized carbons (Fsp3) is 0.611. The van der Waals surface area contributed by atoms with Crippen molar-refractivity contribution in [1.82, 2.24) is 5.32 Å². The number of esters is 1. The number of carbonyl (C=O) groups excluding carboxylic acids is 1. The first kappa shape index (κ1) is 22.6. The first-order valence-corrected chi connectivity index (χ1v) is 10.1. The van der Waals surface area contributed by atoms with E-state index in [0.29, 0.717) is 0 Å². The van der Waals surface area contributed by atoms with Crippen LogP contribution < -0.4 is 11.1 Å². The van der Waals surface area contributed by atoms with Crippen molar-refractivity contribution in [3.8, 4) is 0 Å². The first-order chi connectivity index (χ1) is 11.9. The van der Waals surface area contributed by atoms with Crippen LogP contribution in [0.25, 0.3) is 0 Å². The van der Waals surface area contributed by atoms with Gasteiger partial charge in [-0.3, -0.25) is 9.35 Å². The van der Waals surface area contributed by atoms with Crippen molar-refractivity contribution >= 4 is 16.1 Å². The van der Waals surface area contributed by atoms with Gasteiger partial charge in [0.05, 0.1) is 4.90 Å². The van der Waals surface area contributed by atoms with Crippen LogP contribution in [-0.4, -0.2) is 43.7 Å². The Kier molecular flexibility index (Phi) is 8.20. The third-order valence-electron chi connectivity index (χ3n) is 3.89. The minimum Gasteiger partial charge on any atom is -0.459 e. The number of benzene rings is 1. The van der Waals surface area contributed by atoms with Crippen LogP contribution >= 0.6 is 0 Å². The normalized spacial score (nSPS) is 17.0. The lowest BCUT2D eigenvalue weighted by molar-refractivity contribution is -0.158. The highest BCUT2D eigenvalue weighted by Crippen LogP contribution is 2.18. The van der Waals surface area contributed by atoms with Crippen molar-refractivity contribution in [3.05, 3.63) is 29.8 Å². The molecule has 1 aromatic carbocycles. The molecule has 0 amide bonds. The highest BCUT2D eigenvalue weighted by Gasteiger charge is 2.29. The molecule has 1 saturated heterocycles. The second-order valence-electron chi connectivity index (χ2n) is 7.43. The number of carbonyl (C=O) groups is 1. The van der Waals surface area contributed by atoms with E-state index in [1.54, 1.807) is 12.1 Å². The molecule has 0 aliphatic carbocycles. The fourth-order valence-electron chi connectivity index (χ4n) is 2.48. The van der Waals surface area contributed by atoms with E-state index in [9.17, 15) is 13.2 Å². The molecular formula is C18H30N2O5S. The zero-order valence-electron chi connectivity index (χ0n) is 15.9. The summed E-state index contributed by atoms with van der Waals surface area (Å²) in [6, 6.07) is 5.52. The SMILES string of the molecule is CC(C)(C)OC(=O)C(N)C1CCNCC1.Cc1ccc(S(=O)(=O)O)cc1. The molecule has 4 N–H and O–H groups in total. The molecule has 1 unspecified atom stereocenters. The largest absolute Gasteiger partial charge is 0.459 e. The first-order valence-electron chi connectivity index (χ1n) is 8.63. The van der Waals surface area contributed by atoms with Crippen LogP contribution in [0.5, 0.6) is 0 Å². The van der Waals surface area contributed by atoms with Crippen molar-refractivity contribution in [1.29, 1.82) is 0 Å². The second-order valence-corrected chi connectivity index (χ2v) is 8.86. The van der Waals surface area contributed by atoms with Gasteiger partial charge in [0.15, 0.2) is 0 Å². The molecule has 1 aliphatic rings. The molecular weight excluding hydrogens is 356 g/mol. The molecule has 26 heavy (non-hydrogen) atoms. The van der Waals surface area contributed by atoms with Crippen LogP contribution in [0.2, 0.25) is 0 Å². The minimum absolute atomic E-state index is 0.0666. The number of rotatable bonds is 3. The summed E-state index contributed by atoms with van der Waals surface area (Å²) in [7, 11) is -4.02. The Morgan fingerprint density at radius 1 is 1.23 bits per heavy atom. The number of piperidine rings is 1. The van der Waals surface area contributed by atoms with Gasteiger partial charge in [0.25, 0.3) is 10.1 Å². The molecule has 1 aromatic rings. The number of hydrogen-bond acceptors (Lipinski definition) is 6. The van der Waals surface area contributed by atoms with Crippen LogP contribution in [0.3, 0.4) is 0 Å². The molecule has 8 heteroatoms. The summed E-state index contributed by atoms with van der Waals surface area (Å²) >= 11 is 0. The maximum absolute atomic E-state index is 11.7. The van der Waals surface area contributed by atoms with Gasteiger partial charge >= 0.3 is 5.97 Å². The van der Waals surface area contributed by atoms with Gasteiger partial charge in [0, 0.05) is 0 Å². The van der Waals surface area contributed by atoms with Gasteiger partial charge in [0.1, 0.15) is 11.6 Å².